The largest absolute Gasteiger partial charge is 0.508 e. The van der Waals surface area contributed by atoms with E-state index in [1.54, 1.807) is 54.6 Å². The van der Waals surface area contributed by atoms with Crippen LogP contribution in [-0.4, -0.2) is 39.8 Å². The summed E-state index contributed by atoms with van der Waals surface area (Å²) in [4.78, 5) is 0. The molecule has 1 heterocycles. The van der Waals surface area contributed by atoms with E-state index in [-0.39, 0.29) is 34.5 Å². The van der Waals surface area contributed by atoms with Crippen molar-refractivity contribution in [3.05, 3.63) is 91.4 Å². The van der Waals surface area contributed by atoms with Crippen LogP contribution >= 0.6 is 31.9 Å². The van der Waals surface area contributed by atoms with Gasteiger partial charge in [0.25, 0.3) is 0 Å². The minimum absolute atomic E-state index is 0.0200. The number of hydrogen-bond donors (Lipinski definition) is 5. The minimum Gasteiger partial charge on any atom is -0.508 e. The number of methoxy groups -OCH3 is 2. The number of ether oxygens (including phenoxy) is 3. The molecule has 40 heavy (non-hydrogen) atoms. The van der Waals surface area contributed by atoms with Crippen molar-refractivity contribution >= 4 is 44.0 Å². The second-order valence-corrected chi connectivity index (χ2v) is 10.9. The van der Waals surface area contributed by atoms with Gasteiger partial charge in [-0.3, -0.25) is 0 Å². The molecule has 10 heteroatoms. The van der Waals surface area contributed by atoms with E-state index in [1.165, 1.54) is 26.4 Å². The predicted molar refractivity (Wildman–Crippen MR) is 157 cm³/mol. The second kappa shape index (κ2) is 10.9. The normalized spacial score (nSPS) is 16.1. The first-order chi connectivity index (χ1) is 19.1. The average Bonchev–Trinajstić information content (AvgIpc) is 3.29. The topological polar surface area (TPSA) is 129 Å². The standard InChI is InChI=1S/C30H24Br2O8/c1-38-24-6-14(5-21(31)28(24)36)3-4-15-7-20(35)13-23-26(15)27(16-8-18(33)12-19(34)9-16)30(40-23)17-10-22(32)29(37)25(11-17)39-2/h3-13,27,30,33-37H,1-2H3/b4-3+/t27-,30+/m0/s1. The first-order valence-electron chi connectivity index (χ1n) is 12.0. The third kappa shape index (κ3) is 5.12. The fourth-order valence-corrected chi connectivity index (χ4v) is 5.82. The molecule has 0 spiro atoms. The lowest BCUT2D eigenvalue weighted by molar-refractivity contribution is 0.220. The van der Waals surface area contributed by atoms with E-state index in [0.29, 0.717) is 48.3 Å². The summed E-state index contributed by atoms with van der Waals surface area (Å²) in [5.74, 6) is 0.0338. The highest BCUT2D eigenvalue weighted by molar-refractivity contribution is 9.11. The summed E-state index contributed by atoms with van der Waals surface area (Å²) >= 11 is 6.70. The Labute approximate surface area is 246 Å². The molecule has 2 atom stereocenters. The van der Waals surface area contributed by atoms with Gasteiger partial charge in [-0.05, 0) is 96.6 Å². The molecule has 0 aromatic heterocycles. The fraction of sp³-hybridized carbons (Fsp3) is 0.133. The fourth-order valence-electron chi connectivity index (χ4n) is 4.90. The number of phenols is 5. The molecule has 5 N–H and O–H groups in total. The third-order valence-electron chi connectivity index (χ3n) is 6.64. The quantitative estimate of drug-likeness (QED) is 0.136. The van der Waals surface area contributed by atoms with Crippen LogP contribution in [0.25, 0.3) is 12.2 Å². The average molecular weight is 672 g/mol. The van der Waals surface area contributed by atoms with Crippen molar-refractivity contribution < 1.29 is 39.7 Å². The Morgan fingerprint density at radius 1 is 0.675 bits per heavy atom. The summed E-state index contributed by atoms with van der Waals surface area (Å²) in [6.07, 6.45) is 2.91. The lowest BCUT2D eigenvalue weighted by Gasteiger charge is -2.22. The summed E-state index contributed by atoms with van der Waals surface area (Å²) in [6.45, 7) is 0. The van der Waals surface area contributed by atoms with Gasteiger partial charge < -0.3 is 39.7 Å². The van der Waals surface area contributed by atoms with Crippen LogP contribution in [-0.2, 0) is 0 Å². The number of fused-ring (bicyclic) bond motifs is 1. The maximum Gasteiger partial charge on any atom is 0.172 e. The number of phenolic OH excluding ortho intramolecular Hbond substituents is 5. The summed E-state index contributed by atoms with van der Waals surface area (Å²) < 4.78 is 17.9. The Morgan fingerprint density at radius 2 is 1.27 bits per heavy atom. The number of hydrogen-bond acceptors (Lipinski definition) is 8. The van der Waals surface area contributed by atoms with Gasteiger partial charge in [-0.2, -0.15) is 0 Å². The molecule has 0 aliphatic carbocycles. The molecule has 0 saturated carbocycles. The molecule has 8 nitrogen and oxygen atoms in total. The van der Waals surface area contributed by atoms with Gasteiger partial charge in [0.1, 0.15) is 29.1 Å². The van der Waals surface area contributed by atoms with E-state index in [9.17, 15) is 25.5 Å². The van der Waals surface area contributed by atoms with E-state index in [2.05, 4.69) is 31.9 Å². The van der Waals surface area contributed by atoms with Gasteiger partial charge in [-0.25, -0.2) is 0 Å². The Morgan fingerprint density at radius 3 is 1.93 bits per heavy atom. The van der Waals surface area contributed by atoms with Gasteiger partial charge in [0.15, 0.2) is 23.0 Å². The predicted octanol–water partition coefficient (Wildman–Crippen LogP) is 7.19. The smallest absolute Gasteiger partial charge is 0.172 e. The summed E-state index contributed by atoms with van der Waals surface area (Å²) in [5.41, 5.74) is 3.26. The van der Waals surface area contributed by atoms with Gasteiger partial charge in [0.2, 0.25) is 0 Å². The first-order valence-corrected chi connectivity index (χ1v) is 13.6. The SMILES string of the molecule is COc1cc(/C=C/c2cc(O)cc3c2[C@H](c2cc(O)cc(O)c2)[C@@H](c2cc(Br)c(O)c(OC)c2)O3)cc(Br)c1O. The van der Waals surface area contributed by atoms with Gasteiger partial charge >= 0.3 is 0 Å². The molecular formula is C30H24Br2O8. The molecule has 4 aromatic rings. The van der Waals surface area contributed by atoms with E-state index in [4.69, 9.17) is 14.2 Å². The molecule has 5 rings (SSSR count). The maximum absolute atomic E-state index is 10.6. The second-order valence-electron chi connectivity index (χ2n) is 9.19. The highest BCUT2D eigenvalue weighted by atomic mass is 79.9. The van der Waals surface area contributed by atoms with Crippen LogP contribution < -0.4 is 14.2 Å². The molecule has 0 saturated heterocycles. The van der Waals surface area contributed by atoms with E-state index < -0.39 is 12.0 Å². The van der Waals surface area contributed by atoms with Crippen LogP contribution in [0.1, 0.15) is 39.8 Å². The molecular weight excluding hydrogens is 648 g/mol. The molecule has 0 radical (unpaired) electrons. The van der Waals surface area contributed by atoms with Crippen molar-refractivity contribution in [2.75, 3.05) is 14.2 Å². The zero-order chi connectivity index (χ0) is 28.7. The van der Waals surface area contributed by atoms with Crippen molar-refractivity contribution in [1.82, 2.24) is 0 Å². The maximum atomic E-state index is 10.6. The minimum atomic E-state index is -0.682. The Balaban J connectivity index is 1.69. The highest BCUT2D eigenvalue weighted by Crippen LogP contribution is 2.54. The number of aromatic hydroxyl groups is 5. The van der Waals surface area contributed by atoms with Gasteiger partial charge in [0, 0.05) is 17.7 Å². The molecule has 0 unspecified atom stereocenters. The number of benzene rings is 4. The van der Waals surface area contributed by atoms with Crippen molar-refractivity contribution in [2.45, 2.75) is 12.0 Å². The highest BCUT2D eigenvalue weighted by Gasteiger charge is 2.40. The van der Waals surface area contributed by atoms with Crippen LogP contribution in [0.2, 0.25) is 0 Å². The molecule has 1 aliphatic rings. The molecule has 0 amide bonds. The summed E-state index contributed by atoms with van der Waals surface area (Å²) in [5, 5.41) is 51.8. The van der Waals surface area contributed by atoms with E-state index >= 15 is 0 Å². The van der Waals surface area contributed by atoms with Crippen LogP contribution in [0, 0.1) is 0 Å². The van der Waals surface area contributed by atoms with Crippen molar-refractivity contribution in [1.29, 1.82) is 0 Å². The van der Waals surface area contributed by atoms with Gasteiger partial charge in [0.05, 0.1) is 29.1 Å². The number of rotatable bonds is 6. The Hall–Kier alpha value is -4.02. The summed E-state index contributed by atoms with van der Waals surface area (Å²) in [7, 11) is 2.90. The lowest BCUT2D eigenvalue weighted by Crippen LogP contribution is -2.12. The molecule has 206 valence electrons. The first kappa shape index (κ1) is 27.5. The van der Waals surface area contributed by atoms with E-state index in [1.807, 2.05) is 0 Å². The van der Waals surface area contributed by atoms with Crippen LogP contribution in [0.4, 0.5) is 0 Å². The van der Waals surface area contributed by atoms with Gasteiger partial charge in [-0.1, -0.05) is 12.2 Å². The molecule has 0 fully saturated rings. The molecule has 4 aromatic carbocycles. The Bertz CT molecular complexity index is 1630. The van der Waals surface area contributed by atoms with Crippen LogP contribution in [0.3, 0.4) is 0 Å². The van der Waals surface area contributed by atoms with Crippen LogP contribution in [0.15, 0.2) is 63.5 Å². The van der Waals surface area contributed by atoms with Crippen molar-refractivity contribution in [2.24, 2.45) is 0 Å². The monoisotopic (exact) mass is 670 g/mol. The van der Waals surface area contributed by atoms with E-state index in [0.717, 1.165) is 0 Å². The number of halogens is 2. The van der Waals surface area contributed by atoms with Crippen molar-refractivity contribution in [3.63, 3.8) is 0 Å². The summed E-state index contributed by atoms with van der Waals surface area (Å²) in [6, 6.07) is 14.2. The Kier molecular flexibility index (Phi) is 7.48. The molecule has 0 bridgehead atoms. The van der Waals surface area contributed by atoms with Crippen LogP contribution in [0.5, 0.6) is 46.0 Å². The van der Waals surface area contributed by atoms with Gasteiger partial charge in [-0.15, -0.1) is 0 Å². The third-order valence-corrected chi connectivity index (χ3v) is 7.84. The van der Waals surface area contributed by atoms with Crippen molar-refractivity contribution in [3.8, 4) is 46.0 Å². The zero-order valence-electron chi connectivity index (χ0n) is 21.2. The molecule has 1 aliphatic heterocycles. The zero-order valence-corrected chi connectivity index (χ0v) is 24.4. The lowest BCUT2D eigenvalue weighted by atomic mass is 9.82.